The van der Waals surface area contributed by atoms with Crippen LogP contribution in [0.3, 0.4) is 0 Å². The van der Waals surface area contributed by atoms with Gasteiger partial charge in [0.2, 0.25) is 0 Å². The van der Waals surface area contributed by atoms with Crippen molar-refractivity contribution in [3.05, 3.63) is 35.9 Å². The molecule has 1 unspecified atom stereocenters. The van der Waals surface area contributed by atoms with Crippen LogP contribution in [0, 0.1) is 5.82 Å². The number of hydrogen-bond donors (Lipinski definition) is 1. The molecule has 2 rings (SSSR count). The van der Waals surface area contributed by atoms with Crippen LogP contribution in [-0.4, -0.2) is 15.2 Å². The predicted octanol–water partition coefficient (Wildman–Crippen LogP) is 1.93. The Hall–Kier alpha value is -1.75. The summed E-state index contributed by atoms with van der Waals surface area (Å²) >= 11 is 0. The fourth-order valence-electron chi connectivity index (χ4n) is 1.11. The molecule has 5 heteroatoms. The first-order valence-corrected chi connectivity index (χ1v) is 4.44. The molecule has 1 heterocycles. The molecule has 4 nitrogen and oxygen atoms in total. The third-order valence-corrected chi connectivity index (χ3v) is 1.91. The molecule has 0 aliphatic rings. The molecule has 0 aliphatic heterocycles. The van der Waals surface area contributed by atoms with Crippen LogP contribution in [0.1, 0.15) is 18.9 Å². The Morgan fingerprint density at radius 1 is 1.33 bits per heavy atom. The van der Waals surface area contributed by atoms with Gasteiger partial charge in [-0.3, -0.25) is 0 Å². The molecule has 1 atom stereocenters. The van der Waals surface area contributed by atoms with Crippen LogP contribution in [-0.2, 0) is 0 Å². The minimum atomic E-state index is -0.775. The Morgan fingerprint density at radius 2 is 2.00 bits per heavy atom. The summed E-state index contributed by atoms with van der Waals surface area (Å²) in [5, 5.41) is 12.8. The minimum Gasteiger partial charge on any atom is -0.385 e. The molecule has 15 heavy (non-hydrogen) atoms. The fourth-order valence-corrected chi connectivity index (χ4v) is 1.11. The number of halogens is 1. The summed E-state index contributed by atoms with van der Waals surface area (Å²) < 4.78 is 17.5. The monoisotopic (exact) mass is 208 g/mol. The molecular formula is C10H9FN2O2. The number of aromatic nitrogens is 2. The van der Waals surface area contributed by atoms with Gasteiger partial charge in [0.25, 0.3) is 5.89 Å². The van der Waals surface area contributed by atoms with Gasteiger partial charge in [-0.25, -0.2) is 4.39 Å². The van der Waals surface area contributed by atoms with Gasteiger partial charge < -0.3 is 9.63 Å². The summed E-state index contributed by atoms with van der Waals surface area (Å²) in [6, 6.07) is 5.69. The molecule has 0 saturated carbocycles. The summed E-state index contributed by atoms with van der Waals surface area (Å²) in [7, 11) is 0. The van der Waals surface area contributed by atoms with Crippen LogP contribution >= 0.6 is 0 Å². The summed E-state index contributed by atoms with van der Waals surface area (Å²) in [5.74, 6) is 0.161. The zero-order valence-electron chi connectivity index (χ0n) is 8.01. The van der Waals surface area contributed by atoms with Gasteiger partial charge in [-0.1, -0.05) is 5.16 Å². The molecule has 0 radical (unpaired) electrons. The Morgan fingerprint density at radius 3 is 2.53 bits per heavy atom. The van der Waals surface area contributed by atoms with Gasteiger partial charge in [0.1, 0.15) is 11.9 Å². The van der Waals surface area contributed by atoms with Crippen molar-refractivity contribution in [3.63, 3.8) is 0 Å². The Labute approximate surface area is 85.4 Å². The number of aliphatic hydroxyl groups is 1. The first kappa shape index (κ1) is 9.79. The van der Waals surface area contributed by atoms with E-state index in [2.05, 4.69) is 10.1 Å². The number of nitrogens with zero attached hydrogens (tertiary/aromatic N) is 2. The van der Waals surface area contributed by atoms with Crippen molar-refractivity contribution in [1.82, 2.24) is 10.1 Å². The van der Waals surface area contributed by atoms with Crippen molar-refractivity contribution in [3.8, 4) is 11.5 Å². The molecule has 1 N–H and O–H groups in total. The van der Waals surface area contributed by atoms with E-state index in [0.29, 0.717) is 5.56 Å². The standard InChI is InChI=1S/C10H9FN2O2/c1-6(14)9-12-10(15-13-9)7-2-4-8(11)5-3-7/h2-6,14H,1H3. The average molecular weight is 208 g/mol. The maximum atomic E-state index is 12.6. The van der Waals surface area contributed by atoms with E-state index in [1.165, 1.54) is 24.3 Å². The molecule has 2 aromatic rings. The molecule has 0 amide bonds. The molecule has 0 spiro atoms. The highest BCUT2D eigenvalue weighted by Gasteiger charge is 2.12. The Kier molecular flexibility index (Phi) is 2.47. The van der Waals surface area contributed by atoms with E-state index in [0.717, 1.165) is 0 Å². The Balaban J connectivity index is 2.33. The highest BCUT2D eigenvalue weighted by atomic mass is 19.1. The molecule has 0 saturated heterocycles. The van der Waals surface area contributed by atoms with Gasteiger partial charge in [0.05, 0.1) is 0 Å². The van der Waals surface area contributed by atoms with Crippen molar-refractivity contribution >= 4 is 0 Å². The summed E-state index contributed by atoms with van der Waals surface area (Å²) in [6.07, 6.45) is -0.775. The van der Waals surface area contributed by atoms with Crippen LogP contribution in [0.25, 0.3) is 11.5 Å². The Bertz CT molecular complexity index is 451. The van der Waals surface area contributed by atoms with E-state index in [1.54, 1.807) is 6.92 Å². The zero-order chi connectivity index (χ0) is 10.8. The first-order valence-electron chi connectivity index (χ1n) is 4.44. The molecule has 0 bridgehead atoms. The van der Waals surface area contributed by atoms with Gasteiger partial charge in [0, 0.05) is 5.56 Å². The minimum absolute atomic E-state index is 0.217. The lowest BCUT2D eigenvalue weighted by Gasteiger charge is -1.93. The molecule has 78 valence electrons. The third-order valence-electron chi connectivity index (χ3n) is 1.91. The number of hydrogen-bond acceptors (Lipinski definition) is 4. The molecule has 0 aliphatic carbocycles. The lowest BCUT2D eigenvalue weighted by Crippen LogP contribution is -1.92. The molecule has 0 fully saturated rings. The second-order valence-electron chi connectivity index (χ2n) is 3.14. The van der Waals surface area contributed by atoms with E-state index in [1.807, 2.05) is 0 Å². The van der Waals surface area contributed by atoms with Gasteiger partial charge in [-0.15, -0.1) is 0 Å². The van der Waals surface area contributed by atoms with Crippen LogP contribution in [0.15, 0.2) is 28.8 Å². The number of rotatable bonds is 2. The highest BCUT2D eigenvalue weighted by molar-refractivity contribution is 5.52. The van der Waals surface area contributed by atoms with Crippen LogP contribution in [0.2, 0.25) is 0 Å². The number of aliphatic hydroxyl groups excluding tert-OH is 1. The van der Waals surface area contributed by atoms with Crippen molar-refractivity contribution < 1.29 is 14.0 Å². The van der Waals surface area contributed by atoms with Crippen LogP contribution in [0.4, 0.5) is 4.39 Å². The summed E-state index contributed by atoms with van der Waals surface area (Å²) in [4.78, 5) is 3.96. The SMILES string of the molecule is CC(O)c1noc(-c2ccc(F)cc2)n1. The largest absolute Gasteiger partial charge is 0.385 e. The van der Waals surface area contributed by atoms with Gasteiger partial charge >= 0.3 is 0 Å². The van der Waals surface area contributed by atoms with E-state index < -0.39 is 6.10 Å². The fraction of sp³-hybridized carbons (Fsp3) is 0.200. The van der Waals surface area contributed by atoms with Crippen molar-refractivity contribution in [1.29, 1.82) is 0 Å². The van der Waals surface area contributed by atoms with Gasteiger partial charge in [-0.2, -0.15) is 4.98 Å². The van der Waals surface area contributed by atoms with Crippen molar-refractivity contribution in [2.75, 3.05) is 0 Å². The second kappa shape index (κ2) is 3.78. The summed E-state index contributed by atoms with van der Waals surface area (Å²) in [5.41, 5.74) is 0.621. The van der Waals surface area contributed by atoms with Gasteiger partial charge in [0.15, 0.2) is 5.82 Å². The average Bonchev–Trinajstić information content (AvgIpc) is 2.68. The smallest absolute Gasteiger partial charge is 0.258 e. The van der Waals surface area contributed by atoms with Crippen LogP contribution in [0.5, 0.6) is 0 Å². The lowest BCUT2D eigenvalue weighted by atomic mass is 10.2. The zero-order valence-corrected chi connectivity index (χ0v) is 8.01. The predicted molar refractivity (Wildman–Crippen MR) is 50.3 cm³/mol. The van der Waals surface area contributed by atoms with E-state index in [9.17, 15) is 9.50 Å². The normalized spacial score (nSPS) is 12.7. The third kappa shape index (κ3) is 2.02. The van der Waals surface area contributed by atoms with Gasteiger partial charge in [-0.05, 0) is 31.2 Å². The van der Waals surface area contributed by atoms with Crippen LogP contribution < -0.4 is 0 Å². The quantitative estimate of drug-likeness (QED) is 0.819. The molecule has 1 aromatic carbocycles. The van der Waals surface area contributed by atoms with E-state index in [-0.39, 0.29) is 17.5 Å². The molecule has 1 aromatic heterocycles. The summed E-state index contributed by atoms with van der Waals surface area (Å²) in [6.45, 7) is 1.54. The maximum Gasteiger partial charge on any atom is 0.258 e. The highest BCUT2D eigenvalue weighted by Crippen LogP contribution is 2.19. The van der Waals surface area contributed by atoms with Crippen molar-refractivity contribution in [2.45, 2.75) is 13.0 Å². The van der Waals surface area contributed by atoms with Crippen molar-refractivity contribution in [2.24, 2.45) is 0 Å². The maximum absolute atomic E-state index is 12.6. The topological polar surface area (TPSA) is 59.2 Å². The van der Waals surface area contributed by atoms with E-state index >= 15 is 0 Å². The number of benzene rings is 1. The second-order valence-corrected chi connectivity index (χ2v) is 3.14. The lowest BCUT2D eigenvalue weighted by molar-refractivity contribution is 0.184. The van der Waals surface area contributed by atoms with E-state index in [4.69, 9.17) is 4.52 Å². The first-order chi connectivity index (χ1) is 7.16. The molecular weight excluding hydrogens is 199 g/mol.